The van der Waals surface area contributed by atoms with E-state index < -0.39 is 5.41 Å². The van der Waals surface area contributed by atoms with Crippen LogP contribution in [-0.4, -0.2) is 23.6 Å². The van der Waals surface area contributed by atoms with Gasteiger partial charge in [0, 0.05) is 31.1 Å². The van der Waals surface area contributed by atoms with Crippen molar-refractivity contribution in [2.24, 2.45) is 34.0 Å². The number of ether oxygens (including phenoxy) is 1. The second kappa shape index (κ2) is 5.65. The monoisotopic (exact) mass is 360 g/mol. The molecule has 4 aliphatic rings. The molecule has 144 valence electrons. The molecule has 0 saturated heterocycles. The van der Waals surface area contributed by atoms with Crippen LogP contribution in [0, 0.1) is 34.0 Å². The lowest BCUT2D eigenvalue weighted by Crippen LogP contribution is -2.61. The minimum absolute atomic E-state index is 0.0147. The Balaban J connectivity index is 1.66. The molecule has 0 unspecified atom stereocenters. The lowest BCUT2D eigenvalue weighted by molar-refractivity contribution is -0.186. The van der Waals surface area contributed by atoms with Crippen LogP contribution in [0.2, 0.25) is 0 Å². The molecule has 0 aliphatic heterocycles. The molecule has 4 heteroatoms. The van der Waals surface area contributed by atoms with Gasteiger partial charge in [0.1, 0.15) is 17.7 Å². The number of carbonyl (C=O) groups excluding carboxylic acids is 3. The third-order valence-electron chi connectivity index (χ3n) is 9.06. The van der Waals surface area contributed by atoms with Gasteiger partial charge in [0.25, 0.3) is 0 Å². The van der Waals surface area contributed by atoms with E-state index in [1.54, 1.807) is 0 Å². The zero-order valence-corrected chi connectivity index (χ0v) is 16.6. The summed E-state index contributed by atoms with van der Waals surface area (Å²) in [6.45, 7) is 8.15. The number of rotatable bonds is 1. The van der Waals surface area contributed by atoms with Gasteiger partial charge in [-0.3, -0.25) is 14.4 Å². The Morgan fingerprint density at radius 2 is 1.81 bits per heavy atom. The molecule has 4 saturated carbocycles. The molecule has 0 N–H and O–H groups in total. The fraction of sp³-hybridized carbons (Fsp3) is 0.864. The Bertz CT molecular complexity index is 669. The normalized spacial score (nSPS) is 50.6. The predicted octanol–water partition coefficient (Wildman–Crippen LogP) is 4.10. The first-order valence-electron chi connectivity index (χ1n) is 10.3. The second-order valence-corrected chi connectivity index (χ2v) is 10.3. The highest BCUT2D eigenvalue weighted by atomic mass is 16.5. The molecule has 0 amide bonds. The summed E-state index contributed by atoms with van der Waals surface area (Å²) >= 11 is 0. The summed E-state index contributed by atoms with van der Waals surface area (Å²) in [5, 5.41) is 0. The molecule has 4 aliphatic carbocycles. The van der Waals surface area contributed by atoms with E-state index in [2.05, 4.69) is 20.8 Å². The molecule has 4 rings (SSSR count). The molecule has 0 radical (unpaired) electrons. The number of Topliss-reactive ketones (excluding diaryl/α,β-unsaturated/α-hetero) is 2. The van der Waals surface area contributed by atoms with Crippen LogP contribution in [0.15, 0.2) is 0 Å². The molecular formula is C22H32O4. The summed E-state index contributed by atoms with van der Waals surface area (Å²) in [5.41, 5.74) is -0.424. The number of fused-ring (bicyclic) bond motifs is 5. The van der Waals surface area contributed by atoms with Crippen molar-refractivity contribution in [1.82, 2.24) is 0 Å². The van der Waals surface area contributed by atoms with E-state index in [1.807, 2.05) is 0 Å². The Morgan fingerprint density at radius 1 is 1.08 bits per heavy atom. The van der Waals surface area contributed by atoms with Gasteiger partial charge in [-0.1, -0.05) is 20.8 Å². The highest BCUT2D eigenvalue weighted by Crippen LogP contribution is 2.68. The summed E-state index contributed by atoms with van der Waals surface area (Å²) in [6.07, 6.45) is 6.79. The Morgan fingerprint density at radius 3 is 2.50 bits per heavy atom. The van der Waals surface area contributed by atoms with Crippen molar-refractivity contribution < 1.29 is 19.1 Å². The largest absolute Gasteiger partial charge is 0.463 e. The van der Waals surface area contributed by atoms with Crippen LogP contribution in [-0.2, 0) is 19.1 Å². The van der Waals surface area contributed by atoms with Crippen LogP contribution in [0.1, 0.15) is 79.1 Å². The maximum atomic E-state index is 13.3. The zero-order chi connectivity index (χ0) is 18.9. The van der Waals surface area contributed by atoms with E-state index >= 15 is 0 Å². The number of esters is 1. The molecule has 7 atom stereocenters. The average molecular weight is 360 g/mol. The van der Waals surface area contributed by atoms with E-state index in [4.69, 9.17) is 4.74 Å². The first kappa shape index (κ1) is 18.2. The third kappa shape index (κ3) is 2.29. The number of hydrogen-bond acceptors (Lipinski definition) is 4. The van der Waals surface area contributed by atoms with E-state index in [9.17, 15) is 14.4 Å². The van der Waals surface area contributed by atoms with Crippen molar-refractivity contribution >= 4 is 17.5 Å². The molecule has 0 aromatic heterocycles. The Kier molecular flexibility index (Phi) is 3.95. The highest BCUT2D eigenvalue weighted by Gasteiger charge is 2.66. The smallest absolute Gasteiger partial charge is 0.302 e. The molecule has 0 spiro atoms. The first-order chi connectivity index (χ1) is 12.1. The molecule has 4 nitrogen and oxygen atoms in total. The highest BCUT2D eigenvalue weighted by molar-refractivity contribution is 5.95. The van der Waals surface area contributed by atoms with Gasteiger partial charge in [-0.2, -0.15) is 0 Å². The summed E-state index contributed by atoms with van der Waals surface area (Å²) < 4.78 is 5.54. The van der Waals surface area contributed by atoms with Crippen LogP contribution in [0.3, 0.4) is 0 Å². The molecule has 26 heavy (non-hydrogen) atoms. The number of ketones is 2. The number of hydrogen-bond donors (Lipinski definition) is 0. The average Bonchev–Trinajstić information content (AvgIpc) is 2.82. The van der Waals surface area contributed by atoms with Crippen LogP contribution in [0.4, 0.5) is 0 Å². The lowest BCUT2D eigenvalue weighted by Gasteiger charge is -2.63. The van der Waals surface area contributed by atoms with Crippen molar-refractivity contribution in [1.29, 1.82) is 0 Å². The van der Waals surface area contributed by atoms with Crippen LogP contribution < -0.4 is 0 Å². The summed E-state index contributed by atoms with van der Waals surface area (Å²) in [5.74, 6) is 1.24. The Hall–Kier alpha value is -1.19. The van der Waals surface area contributed by atoms with Gasteiger partial charge < -0.3 is 4.74 Å². The predicted molar refractivity (Wildman–Crippen MR) is 97.3 cm³/mol. The van der Waals surface area contributed by atoms with E-state index in [0.29, 0.717) is 36.2 Å². The summed E-state index contributed by atoms with van der Waals surface area (Å²) in [7, 11) is 0. The second-order valence-electron chi connectivity index (χ2n) is 10.3. The first-order valence-corrected chi connectivity index (χ1v) is 10.3. The fourth-order valence-electron chi connectivity index (χ4n) is 7.49. The third-order valence-corrected chi connectivity index (χ3v) is 9.06. The van der Waals surface area contributed by atoms with Crippen molar-refractivity contribution in [3.05, 3.63) is 0 Å². The van der Waals surface area contributed by atoms with Gasteiger partial charge in [0.15, 0.2) is 0 Å². The van der Waals surface area contributed by atoms with Crippen LogP contribution >= 0.6 is 0 Å². The zero-order valence-electron chi connectivity index (χ0n) is 16.6. The standard InChI is InChI=1S/C22H32O4/c1-13(23)26-14-7-10-22(4)19-15(8-9-20(22,2)11-14)16-5-6-18(25)21(16,3)12-17(19)24/h14-16,19H,5-12H2,1-4H3/t14-,15-,16+,19+,20+,21+,22-/m1/s1. The maximum absolute atomic E-state index is 13.3. The van der Waals surface area contributed by atoms with Crippen molar-refractivity contribution in [3.63, 3.8) is 0 Å². The van der Waals surface area contributed by atoms with Gasteiger partial charge in [-0.05, 0) is 61.2 Å². The van der Waals surface area contributed by atoms with Gasteiger partial charge in [-0.25, -0.2) is 0 Å². The summed E-state index contributed by atoms with van der Waals surface area (Å²) in [6, 6.07) is 0. The Labute approximate surface area is 156 Å². The lowest BCUT2D eigenvalue weighted by atomic mass is 9.40. The quantitative estimate of drug-likeness (QED) is 0.661. The van der Waals surface area contributed by atoms with Crippen molar-refractivity contribution in [2.45, 2.75) is 85.2 Å². The van der Waals surface area contributed by atoms with Gasteiger partial charge in [0.2, 0.25) is 0 Å². The molecular weight excluding hydrogens is 328 g/mol. The van der Waals surface area contributed by atoms with E-state index in [-0.39, 0.29) is 28.8 Å². The van der Waals surface area contributed by atoms with E-state index in [0.717, 1.165) is 38.5 Å². The minimum atomic E-state index is -0.405. The van der Waals surface area contributed by atoms with Gasteiger partial charge in [0.05, 0.1) is 0 Å². The molecule has 0 heterocycles. The van der Waals surface area contributed by atoms with Crippen LogP contribution in [0.5, 0.6) is 0 Å². The molecule has 0 aromatic rings. The minimum Gasteiger partial charge on any atom is -0.463 e. The van der Waals surface area contributed by atoms with E-state index in [1.165, 1.54) is 6.92 Å². The molecule has 0 bridgehead atoms. The topological polar surface area (TPSA) is 60.4 Å². The molecule has 4 fully saturated rings. The maximum Gasteiger partial charge on any atom is 0.302 e. The SMILES string of the molecule is CC(=O)O[C@@H]1CC[C@]2(C)[C@@H]3C(=O)C[C@]4(C)C(=O)CC[C@H]4[C@H]3CC[C@@]2(C)C1. The number of carbonyl (C=O) groups is 3. The van der Waals surface area contributed by atoms with Crippen molar-refractivity contribution in [3.8, 4) is 0 Å². The van der Waals surface area contributed by atoms with Gasteiger partial charge >= 0.3 is 5.97 Å². The van der Waals surface area contributed by atoms with Crippen molar-refractivity contribution in [2.75, 3.05) is 0 Å². The van der Waals surface area contributed by atoms with Crippen LogP contribution in [0.25, 0.3) is 0 Å². The summed E-state index contributed by atoms with van der Waals surface area (Å²) in [4.78, 5) is 37.3. The molecule has 0 aromatic carbocycles. The fourth-order valence-corrected chi connectivity index (χ4v) is 7.49. The van der Waals surface area contributed by atoms with Gasteiger partial charge in [-0.15, -0.1) is 0 Å².